The normalized spacial score (nSPS) is 15.5. The topological polar surface area (TPSA) is 101 Å². The Bertz CT molecular complexity index is 1350. The molecule has 0 saturated carbocycles. The minimum atomic E-state index is 0.639. The van der Waals surface area contributed by atoms with Crippen molar-refractivity contribution < 1.29 is 9.53 Å². The van der Waals surface area contributed by atoms with Gasteiger partial charge in [-0.3, -0.25) is 9.20 Å². The summed E-state index contributed by atoms with van der Waals surface area (Å²) in [6.07, 6.45) is 8.12. The summed E-state index contributed by atoms with van der Waals surface area (Å²) >= 11 is 0. The fourth-order valence-corrected chi connectivity index (χ4v) is 4.79. The first-order chi connectivity index (χ1) is 17.3. The molecule has 5 heterocycles. The SMILES string of the molecule is O=CN1CCCN(c2ccc(-c3cnc(NCc4cccc5c4CCO5)n4cnnc34)cn2)CC1. The van der Waals surface area contributed by atoms with Crippen LogP contribution in [-0.2, 0) is 17.8 Å². The summed E-state index contributed by atoms with van der Waals surface area (Å²) in [4.78, 5) is 24.5. The molecule has 1 amide bonds. The first-order valence-electron chi connectivity index (χ1n) is 11.9. The van der Waals surface area contributed by atoms with Crippen LogP contribution < -0.4 is 15.0 Å². The summed E-state index contributed by atoms with van der Waals surface area (Å²) in [5.74, 6) is 2.56. The Morgan fingerprint density at radius 1 is 1.06 bits per heavy atom. The molecule has 3 aromatic heterocycles. The highest BCUT2D eigenvalue weighted by Gasteiger charge is 2.18. The highest BCUT2D eigenvalue weighted by atomic mass is 16.5. The van der Waals surface area contributed by atoms with E-state index in [1.165, 1.54) is 11.1 Å². The number of aromatic nitrogens is 5. The van der Waals surface area contributed by atoms with E-state index in [1.807, 2.05) is 46.0 Å². The Hall–Kier alpha value is -4.21. The smallest absolute Gasteiger partial charge is 0.210 e. The number of nitrogens with zero attached hydrogens (tertiary/aromatic N) is 7. The molecule has 0 radical (unpaired) electrons. The lowest BCUT2D eigenvalue weighted by Gasteiger charge is -2.21. The van der Waals surface area contributed by atoms with Gasteiger partial charge >= 0.3 is 0 Å². The van der Waals surface area contributed by atoms with Crippen LogP contribution in [0.2, 0.25) is 0 Å². The number of nitrogens with one attached hydrogen (secondary N) is 1. The van der Waals surface area contributed by atoms with Crippen LogP contribution in [-0.4, -0.2) is 68.7 Å². The van der Waals surface area contributed by atoms with Gasteiger partial charge in [0.2, 0.25) is 12.4 Å². The Morgan fingerprint density at radius 3 is 2.91 bits per heavy atom. The molecule has 0 atom stereocenters. The summed E-state index contributed by atoms with van der Waals surface area (Å²) in [6.45, 7) is 4.53. The second kappa shape index (κ2) is 9.21. The van der Waals surface area contributed by atoms with E-state index in [4.69, 9.17) is 9.72 Å². The number of hydrogen-bond acceptors (Lipinski definition) is 8. The molecule has 6 rings (SSSR count). The molecule has 1 fully saturated rings. The third-order valence-electron chi connectivity index (χ3n) is 6.67. The van der Waals surface area contributed by atoms with Crippen molar-refractivity contribution >= 4 is 23.8 Å². The van der Waals surface area contributed by atoms with E-state index in [1.54, 1.807) is 6.33 Å². The molecule has 35 heavy (non-hydrogen) atoms. The molecule has 1 N–H and O–H groups in total. The van der Waals surface area contributed by atoms with Gasteiger partial charge in [-0.15, -0.1) is 10.2 Å². The third kappa shape index (κ3) is 4.11. The molecule has 2 aliphatic rings. The minimum Gasteiger partial charge on any atom is -0.493 e. The number of carbonyl (C=O) groups excluding carboxylic acids is 1. The zero-order valence-electron chi connectivity index (χ0n) is 19.3. The number of fused-ring (bicyclic) bond motifs is 2. The van der Waals surface area contributed by atoms with Crippen LogP contribution in [0.25, 0.3) is 16.8 Å². The number of rotatable bonds is 6. The van der Waals surface area contributed by atoms with Crippen molar-refractivity contribution in [3.8, 4) is 16.9 Å². The van der Waals surface area contributed by atoms with Gasteiger partial charge in [-0.05, 0) is 30.2 Å². The van der Waals surface area contributed by atoms with E-state index in [0.29, 0.717) is 19.0 Å². The standard InChI is InChI=1S/C25H26N8O2/c34-17-31-8-2-9-32(11-10-31)23-6-5-19(13-26-23)21-15-28-25(33-16-29-30-24(21)33)27-14-18-3-1-4-22-20(18)7-12-35-22/h1,3-6,13,15-17H,2,7-12,14H2,(H,27,28). The van der Waals surface area contributed by atoms with Gasteiger partial charge in [0, 0.05) is 68.2 Å². The fraction of sp³-hybridized carbons (Fsp3) is 0.320. The highest BCUT2D eigenvalue weighted by Crippen LogP contribution is 2.29. The average Bonchev–Trinajstić information content (AvgIpc) is 3.53. The Kier molecular flexibility index (Phi) is 5.61. The van der Waals surface area contributed by atoms with Crippen molar-refractivity contribution in [1.82, 2.24) is 29.5 Å². The van der Waals surface area contributed by atoms with Crippen molar-refractivity contribution in [3.63, 3.8) is 0 Å². The van der Waals surface area contributed by atoms with Crippen molar-refractivity contribution in [2.24, 2.45) is 0 Å². The molecule has 0 bridgehead atoms. The quantitative estimate of drug-likeness (QED) is 0.429. The van der Waals surface area contributed by atoms with E-state index in [2.05, 4.69) is 31.5 Å². The van der Waals surface area contributed by atoms with Crippen molar-refractivity contribution in [2.75, 3.05) is 43.0 Å². The van der Waals surface area contributed by atoms with Gasteiger partial charge in [0.05, 0.1) is 6.61 Å². The zero-order valence-corrected chi connectivity index (χ0v) is 19.3. The highest BCUT2D eigenvalue weighted by molar-refractivity contribution is 5.77. The van der Waals surface area contributed by atoms with E-state index >= 15 is 0 Å². The molecule has 10 heteroatoms. The lowest BCUT2D eigenvalue weighted by molar-refractivity contribution is -0.117. The Labute approximate surface area is 202 Å². The van der Waals surface area contributed by atoms with Gasteiger partial charge < -0.3 is 19.9 Å². The number of carbonyl (C=O) groups is 1. The predicted octanol–water partition coefficient (Wildman–Crippen LogP) is 2.40. The van der Waals surface area contributed by atoms with Gasteiger partial charge in [0.1, 0.15) is 17.9 Å². The first kappa shape index (κ1) is 21.3. The molecular formula is C25H26N8O2. The van der Waals surface area contributed by atoms with Gasteiger partial charge in [0.25, 0.3) is 0 Å². The van der Waals surface area contributed by atoms with Crippen molar-refractivity contribution in [3.05, 3.63) is 60.2 Å². The van der Waals surface area contributed by atoms with Gasteiger partial charge in [0.15, 0.2) is 5.65 Å². The predicted molar refractivity (Wildman–Crippen MR) is 131 cm³/mol. The first-order valence-corrected chi connectivity index (χ1v) is 11.9. The van der Waals surface area contributed by atoms with Crippen molar-refractivity contribution in [1.29, 1.82) is 0 Å². The molecule has 0 unspecified atom stereocenters. The van der Waals surface area contributed by atoms with Crippen LogP contribution in [0, 0.1) is 0 Å². The molecule has 0 aliphatic carbocycles. The van der Waals surface area contributed by atoms with E-state index in [0.717, 1.165) is 73.8 Å². The van der Waals surface area contributed by atoms with Crippen LogP contribution >= 0.6 is 0 Å². The number of pyridine rings is 1. The van der Waals surface area contributed by atoms with Crippen LogP contribution in [0.4, 0.5) is 11.8 Å². The summed E-state index contributed by atoms with van der Waals surface area (Å²) in [7, 11) is 0. The maximum atomic E-state index is 11.1. The molecule has 2 aliphatic heterocycles. The number of amides is 1. The molecule has 178 valence electrons. The number of anilines is 2. The average molecular weight is 471 g/mol. The van der Waals surface area contributed by atoms with Crippen molar-refractivity contribution in [2.45, 2.75) is 19.4 Å². The molecule has 0 spiro atoms. The third-order valence-corrected chi connectivity index (χ3v) is 6.67. The maximum Gasteiger partial charge on any atom is 0.210 e. The second-order valence-corrected chi connectivity index (χ2v) is 8.75. The summed E-state index contributed by atoms with van der Waals surface area (Å²) in [6, 6.07) is 10.2. The zero-order chi connectivity index (χ0) is 23.6. The van der Waals surface area contributed by atoms with E-state index in [9.17, 15) is 4.79 Å². The van der Waals surface area contributed by atoms with Crippen LogP contribution in [0.5, 0.6) is 5.75 Å². The second-order valence-electron chi connectivity index (χ2n) is 8.75. The lowest BCUT2D eigenvalue weighted by atomic mass is 10.1. The lowest BCUT2D eigenvalue weighted by Crippen LogP contribution is -2.30. The monoisotopic (exact) mass is 470 g/mol. The van der Waals surface area contributed by atoms with E-state index in [-0.39, 0.29) is 0 Å². The Morgan fingerprint density at radius 2 is 2.03 bits per heavy atom. The van der Waals surface area contributed by atoms with Crippen LogP contribution in [0.1, 0.15) is 17.5 Å². The molecule has 1 aromatic carbocycles. The summed E-state index contributed by atoms with van der Waals surface area (Å²) in [5, 5.41) is 11.9. The van der Waals surface area contributed by atoms with Gasteiger partial charge in [-0.2, -0.15) is 0 Å². The maximum absolute atomic E-state index is 11.1. The fourth-order valence-electron chi connectivity index (χ4n) is 4.79. The molecular weight excluding hydrogens is 444 g/mol. The molecule has 10 nitrogen and oxygen atoms in total. The number of ether oxygens (including phenoxy) is 1. The molecule has 4 aromatic rings. The summed E-state index contributed by atoms with van der Waals surface area (Å²) < 4.78 is 7.55. The Balaban J connectivity index is 1.22. The largest absolute Gasteiger partial charge is 0.493 e. The number of benzene rings is 1. The summed E-state index contributed by atoms with van der Waals surface area (Å²) in [5.41, 5.74) is 4.97. The van der Waals surface area contributed by atoms with E-state index < -0.39 is 0 Å². The molecule has 1 saturated heterocycles. The number of hydrogen-bond donors (Lipinski definition) is 1. The van der Waals surface area contributed by atoms with Crippen LogP contribution in [0.3, 0.4) is 0 Å². The minimum absolute atomic E-state index is 0.639. The van der Waals surface area contributed by atoms with Crippen LogP contribution in [0.15, 0.2) is 49.1 Å². The van der Waals surface area contributed by atoms with Gasteiger partial charge in [-0.1, -0.05) is 12.1 Å². The van der Waals surface area contributed by atoms with Gasteiger partial charge in [-0.25, -0.2) is 9.97 Å².